The van der Waals surface area contributed by atoms with Crippen molar-refractivity contribution in [2.75, 3.05) is 10.0 Å². The second kappa shape index (κ2) is 7.52. The molecule has 0 aliphatic carbocycles. The predicted octanol–water partition coefficient (Wildman–Crippen LogP) is 3.66. The number of anilines is 2. The third kappa shape index (κ3) is 4.26. The average Bonchev–Trinajstić information content (AvgIpc) is 3.07. The maximum Gasteiger partial charge on any atom is 0.291 e. The van der Waals surface area contributed by atoms with Crippen molar-refractivity contribution < 1.29 is 13.2 Å². The Balaban J connectivity index is 1.75. The Bertz CT molecular complexity index is 1050. The smallest absolute Gasteiger partial charge is 0.291 e. The number of carbonyl (C=O) groups is 1. The van der Waals surface area contributed by atoms with Crippen LogP contribution in [0.2, 0.25) is 0 Å². The second-order valence-corrected chi connectivity index (χ2v) is 8.97. The fourth-order valence-corrected chi connectivity index (χ4v) is 4.47. The maximum atomic E-state index is 12.4. The van der Waals surface area contributed by atoms with Gasteiger partial charge in [-0.05, 0) is 47.1 Å². The number of para-hydroxylation sites is 1. The number of nitrogens with one attached hydrogen (secondary N) is 2. The normalized spacial score (nSPS) is 11.2. The Morgan fingerprint density at radius 3 is 2.46 bits per heavy atom. The van der Waals surface area contributed by atoms with Crippen LogP contribution in [0.1, 0.15) is 15.9 Å². The van der Waals surface area contributed by atoms with Gasteiger partial charge < -0.3 is 0 Å². The van der Waals surface area contributed by atoms with E-state index in [1.807, 2.05) is 19.1 Å². The largest absolute Gasteiger partial charge is 0.296 e. The average molecular weight is 453 g/mol. The number of hydrogen-bond donors (Lipinski definition) is 2. The summed E-state index contributed by atoms with van der Waals surface area (Å²) in [7, 11) is -3.91. The van der Waals surface area contributed by atoms with Gasteiger partial charge in [-0.15, -0.1) is 10.2 Å². The lowest BCUT2D eigenvalue weighted by Gasteiger charge is -2.06. The Kier molecular flexibility index (Phi) is 5.35. The maximum absolute atomic E-state index is 12.4. The first-order valence-corrected chi connectivity index (χ1v) is 10.4. The molecule has 7 nitrogen and oxygen atoms in total. The van der Waals surface area contributed by atoms with Gasteiger partial charge in [-0.3, -0.25) is 14.8 Å². The molecule has 0 aliphatic heterocycles. The van der Waals surface area contributed by atoms with Crippen molar-refractivity contribution in [1.29, 1.82) is 0 Å². The molecule has 2 aromatic carbocycles. The van der Waals surface area contributed by atoms with E-state index in [9.17, 15) is 13.2 Å². The molecule has 0 fully saturated rings. The molecule has 26 heavy (non-hydrogen) atoms. The van der Waals surface area contributed by atoms with Crippen LogP contribution >= 0.6 is 27.3 Å². The Labute approximate surface area is 162 Å². The molecule has 2 N–H and O–H groups in total. The first-order chi connectivity index (χ1) is 12.3. The van der Waals surface area contributed by atoms with Crippen molar-refractivity contribution in [1.82, 2.24) is 10.2 Å². The van der Waals surface area contributed by atoms with E-state index < -0.39 is 10.0 Å². The van der Waals surface area contributed by atoms with Crippen LogP contribution < -0.4 is 10.0 Å². The molecule has 3 rings (SSSR count). The number of aromatic nitrogens is 2. The number of nitrogens with zero attached hydrogens (tertiary/aromatic N) is 2. The number of benzene rings is 2. The minimum atomic E-state index is -3.91. The molecule has 1 heterocycles. The summed E-state index contributed by atoms with van der Waals surface area (Å²) in [5.74, 6) is -0.385. The molecule has 0 saturated heterocycles. The van der Waals surface area contributed by atoms with Crippen molar-refractivity contribution in [2.45, 2.75) is 11.3 Å². The molecule has 1 amide bonds. The van der Waals surface area contributed by atoms with Crippen molar-refractivity contribution in [2.24, 2.45) is 0 Å². The van der Waals surface area contributed by atoms with Gasteiger partial charge in [0.15, 0.2) is 0 Å². The lowest BCUT2D eigenvalue weighted by molar-refractivity contribution is 0.102. The summed E-state index contributed by atoms with van der Waals surface area (Å²) in [5.41, 5.74) is 1.86. The van der Waals surface area contributed by atoms with Gasteiger partial charge in [0.25, 0.3) is 20.3 Å². The number of rotatable bonds is 5. The fraction of sp³-hybridized carbons (Fsp3) is 0.0625. The van der Waals surface area contributed by atoms with E-state index in [0.29, 0.717) is 15.7 Å². The molecule has 1 aromatic heterocycles. The zero-order chi connectivity index (χ0) is 18.7. The molecule has 3 aromatic rings. The van der Waals surface area contributed by atoms with Gasteiger partial charge in [-0.1, -0.05) is 41.2 Å². The van der Waals surface area contributed by atoms with Crippen molar-refractivity contribution in [3.8, 4) is 0 Å². The van der Waals surface area contributed by atoms with E-state index >= 15 is 0 Å². The van der Waals surface area contributed by atoms with Crippen LogP contribution in [0.4, 0.5) is 10.8 Å². The monoisotopic (exact) mass is 452 g/mol. The van der Waals surface area contributed by atoms with Crippen LogP contribution in [0.25, 0.3) is 0 Å². The van der Waals surface area contributed by atoms with Crippen LogP contribution in [0.5, 0.6) is 0 Å². The lowest BCUT2D eigenvalue weighted by atomic mass is 10.1. The SMILES string of the molecule is Cc1ccc(C(=O)Nc2nnc(S(=O)(=O)Nc3ccccc3Br)s2)cc1. The highest BCUT2D eigenvalue weighted by atomic mass is 79.9. The van der Waals surface area contributed by atoms with Crippen LogP contribution in [0.15, 0.2) is 57.3 Å². The minimum absolute atomic E-state index is 0.100. The van der Waals surface area contributed by atoms with Gasteiger partial charge in [-0.2, -0.15) is 8.42 Å². The molecule has 0 saturated carbocycles. The number of halogens is 1. The van der Waals surface area contributed by atoms with Crippen LogP contribution in [0, 0.1) is 6.92 Å². The van der Waals surface area contributed by atoms with E-state index in [2.05, 4.69) is 36.2 Å². The van der Waals surface area contributed by atoms with Crippen LogP contribution in [0.3, 0.4) is 0 Å². The standard InChI is InChI=1S/C16H13BrN4O3S2/c1-10-6-8-11(9-7-10)14(22)18-15-19-20-16(25-15)26(23,24)21-13-5-3-2-4-12(13)17/h2-9,21H,1H3,(H,18,19,22). The van der Waals surface area contributed by atoms with E-state index in [1.165, 1.54) is 0 Å². The molecule has 0 radical (unpaired) electrons. The highest BCUT2D eigenvalue weighted by Gasteiger charge is 2.22. The number of carbonyl (C=O) groups excluding carboxylic acids is 1. The quantitative estimate of drug-likeness (QED) is 0.575. The highest BCUT2D eigenvalue weighted by molar-refractivity contribution is 9.10. The van der Waals surface area contributed by atoms with Gasteiger partial charge in [0.05, 0.1) is 5.69 Å². The summed E-state index contributed by atoms with van der Waals surface area (Å²) in [6.45, 7) is 1.92. The second-order valence-electron chi connectivity index (χ2n) is 5.28. The summed E-state index contributed by atoms with van der Waals surface area (Å²) in [6.07, 6.45) is 0. The number of amides is 1. The Morgan fingerprint density at radius 2 is 1.77 bits per heavy atom. The van der Waals surface area contributed by atoms with Crippen molar-refractivity contribution in [3.05, 3.63) is 64.1 Å². The third-order valence-corrected chi connectivity index (χ3v) is 6.55. The molecule has 0 aliphatic rings. The summed E-state index contributed by atoms with van der Waals surface area (Å²) in [5, 5.41) is 10.0. The van der Waals surface area contributed by atoms with E-state index in [1.54, 1.807) is 36.4 Å². The fourth-order valence-electron chi connectivity index (χ4n) is 1.98. The van der Waals surface area contributed by atoms with E-state index in [4.69, 9.17) is 0 Å². The minimum Gasteiger partial charge on any atom is -0.296 e. The molecular weight excluding hydrogens is 440 g/mol. The zero-order valence-electron chi connectivity index (χ0n) is 13.4. The van der Waals surface area contributed by atoms with Gasteiger partial charge in [0.2, 0.25) is 5.13 Å². The molecule has 0 atom stereocenters. The first kappa shape index (κ1) is 18.5. The van der Waals surface area contributed by atoms with Crippen molar-refractivity contribution in [3.63, 3.8) is 0 Å². The summed E-state index contributed by atoms with van der Waals surface area (Å²) in [4.78, 5) is 12.2. The number of hydrogen-bond acceptors (Lipinski definition) is 6. The molecule has 0 spiro atoms. The van der Waals surface area contributed by atoms with E-state index in [0.717, 1.165) is 16.9 Å². The van der Waals surface area contributed by atoms with Crippen LogP contribution in [-0.4, -0.2) is 24.5 Å². The van der Waals surface area contributed by atoms with Gasteiger partial charge in [0, 0.05) is 10.0 Å². The summed E-state index contributed by atoms with van der Waals surface area (Å²) in [6, 6.07) is 13.8. The summed E-state index contributed by atoms with van der Waals surface area (Å²) < 4.78 is 27.6. The Hall–Kier alpha value is -2.30. The molecule has 134 valence electrons. The van der Waals surface area contributed by atoms with E-state index in [-0.39, 0.29) is 15.4 Å². The topological polar surface area (TPSA) is 101 Å². The van der Waals surface area contributed by atoms with Gasteiger partial charge >= 0.3 is 0 Å². The lowest BCUT2D eigenvalue weighted by Crippen LogP contribution is -2.13. The number of aryl methyl sites for hydroxylation is 1. The predicted molar refractivity (Wildman–Crippen MR) is 104 cm³/mol. The van der Waals surface area contributed by atoms with Crippen molar-refractivity contribution >= 4 is 54.0 Å². The first-order valence-electron chi connectivity index (χ1n) is 7.34. The highest BCUT2D eigenvalue weighted by Crippen LogP contribution is 2.27. The molecule has 0 bridgehead atoms. The number of sulfonamides is 1. The summed E-state index contributed by atoms with van der Waals surface area (Å²) >= 11 is 4.04. The zero-order valence-corrected chi connectivity index (χ0v) is 16.7. The Morgan fingerprint density at radius 1 is 1.08 bits per heavy atom. The van der Waals surface area contributed by atoms with Gasteiger partial charge in [0.1, 0.15) is 0 Å². The molecular formula is C16H13BrN4O3S2. The third-order valence-electron chi connectivity index (χ3n) is 3.29. The molecule has 10 heteroatoms. The van der Waals surface area contributed by atoms with Gasteiger partial charge in [-0.25, -0.2) is 0 Å². The molecule has 0 unspecified atom stereocenters. The van der Waals surface area contributed by atoms with Crippen LogP contribution in [-0.2, 0) is 10.0 Å².